The van der Waals surface area contributed by atoms with Crippen LogP contribution in [0.2, 0.25) is 0 Å². The van der Waals surface area contributed by atoms with Crippen molar-refractivity contribution in [3.8, 4) is 0 Å². The van der Waals surface area contributed by atoms with E-state index in [2.05, 4.69) is 65.9 Å². The summed E-state index contributed by atoms with van der Waals surface area (Å²) in [6.07, 6.45) is 2.71. The first kappa shape index (κ1) is 16.4. The van der Waals surface area contributed by atoms with E-state index in [9.17, 15) is 0 Å². The van der Waals surface area contributed by atoms with Crippen LogP contribution < -0.4 is 5.32 Å². The monoisotopic (exact) mass is 356 g/mol. The molecule has 1 saturated heterocycles. The molecule has 1 fully saturated rings. The molecule has 0 spiro atoms. The van der Waals surface area contributed by atoms with E-state index in [1.807, 2.05) is 23.7 Å². The Bertz CT molecular complexity index is 731. The van der Waals surface area contributed by atoms with Crippen molar-refractivity contribution in [2.45, 2.75) is 41.7 Å². The van der Waals surface area contributed by atoms with Gasteiger partial charge in [0.2, 0.25) is 0 Å². The van der Waals surface area contributed by atoms with Crippen molar-refractivity contribution < 1.29 is 0 Å². The van der Waals surface area contributed by atoms with Crippen LogP contribution in [0.3, 0.4) is 0 Å². The smallest absolute Gasteiger partial charge is 0.0529 e. The van der Waals surface area contributed by atoms with Crippen molar-refractivity contribution in [1.29, 1.82) is 0 Å². The van der Waals surface area contributed by atoms with E-state index in [1.165, 1.54) is 52.7 Å². The van der Waals surface area contributed by atoms with Crippen molar-refractivity contribution in [3.63, 3.8) is 0 Å². The number of benzene rings is 2. The normalized spacial score (nSPS) is 21.5. The highest BCUT2D eigenvalue weighted by atomic mass is 32.2. The van der Waals surface area contributed by atoms with Gasteiger partial charge in [0.15, 0.2) is 0 Å². The molecule has 4 heteroatoms. The van der Waals surface area contributed by atoms with Gasteiger partial charge in [-0.2, -0.15) is 0 Å². The number of rotatable bonds is 3. The lowest BCUT2D eigenvalue weighted by molar-refractivity contribution is 0.301. The first-order valence-electron chi connectivity index (χ1n) is 8.78. The molecule has 0 bridgehead atoms. The molecule has 2 atom stereocenters. The summed E-state index contributed by atoms with van der Waals surface area (Å²) in [4.78, 5) is 2.63. The van der Waals surface area contributed by atoms with Crippen LogP contribution in [0.5, 0.6) is 0 Å². The van der Waals surface area contributed by atoms with Gasteiger partial charge in [-0.25, -0.2) is 4.31 Å². The zero-order valence-corrected chi connectivity index (χ0v) is 15.9. The van der Waals surface area contributed by atoms with Crippen molar-refractivity contribution in [2.24, 2.45) is 5.92 Å². The molecule has 126 valence electrons. The third-order valence-electron chi connectivity index (χ3n) is 4.78. The van der Waals surface area contributed by atoms with Crippen LogP contribution in [-0.4, -0.2) is 17.4 Å². The Morgan fingerprint density at radius 2 is 2.00 bits per heavy atom. The average Bonchev–Trinajstić information content (AvgIpc) is 2.59. The van der Waals surface area contributed by atoms with E-state index in [4.69, 9.17) is 0 Å². The van der Waals surface area contributed by atoms with E-state index < -0.39 is 0 Å². The molecular weight excluding hydrogens is 332 g/mol. The fourth-order valence-electron chi connectivity index (χ4n) is 3.44. The average molecular weight is 357 g/mol. The van der Waals surface area contributed by atoms with E-state index in [0.29, 0.717) is 5.25 Å². The van der Waals surface area contributed by atoms with Gasteiger partial charge in [-0.15, -0.1) is 0 Å². The lowest BCUT2D eigenvalue weighted by Crippen LogP contribution is -2.29. The van der Waals surface area contributed by atoms with Gasteiger partial charge in [-0.3, -0.25) is 0 Å². The molecule has 2 aromatic carbocycles. The maximum absolute atomic E-state index is 3.60. The second-order valence-corrected chi connectivity index (χ2v) is 9.38. The molecule has 0 radical (unpaired) electrons. The quantitative estimate of drug-likeness (QED) is 0.551. The molecule has 2 nitrogen and oxygen atoms in total. The van der Waals surface area contributed by atoms with Gasteiger partial charge < -0.3 is 5.32 Å². The molecule has 2 unspecified atom stereocenters. The van der Waals surface area contributed by atoms with Crippen molar-refractivity contribution in [2.75, 3.05) is 18.4 Å². The molecular formula is C20H24N2S2. The van der Waals surface area contributed by atoms with Gasteiger partial charge in [-0.05, 0) is 55.5 Å². The number of hydrogen-bond donors (Lipinski definition) is 1. The first-order valence-corrected chi connectivity index (χ1v) is 10.4. The van der Waals surface area contributed by atoms with Crippen LogP contribution in [0.4, 0.5) is 11.4 Å². The SMILES string of the molecule is CC1CCCN(SC(C)c2ccc3c(c2)Nc2ccccc2S3)C1. The second-order valence-electron chi connectivity index (χ2n) is 6.86. The molecule has 0 amide bonds. The van der Waals surface area contributed by atoms with Gasteiger partial charge >= 0.3 is 0 Å². The number of nitrogens with zero attached hydrogens (tertiary/aromatic N) is 1. The molecule has 0 aromatic heterocycles. The molecule has 2 aliphatic rings. The summed E-state index contributed by atoms with van der Waals surface area (Å²) in [5.74, 6) is 0.830. The maximum Gasteiger partial charge on any atom is 0.0529 e. The van der Waals surface area contributed by atoms with Crippen LogP contribution in [0.1, 0.15) is 37.5 Å². The molecule has 24 heavy (non-hydrogen) atoms. The summed E-state index contributed by atoms with van der Waals surface area (Å²) in [6, 6.07) is 15.4. The number of anilines is 2. The van der Waals surface area contributed by atoms with Crippen LogP contribution in [0, 0.1) is 5.92 Å². The van der Waals surface area contributed by atoms with E-state index >= 15 is 0 Å². The minimum absolute atomic E-state index is 0.490. The van der Waals surface area contributed by atoms with Crippen molar-refractivity contribution in [1.82, 2.24) is 4.31 Å². The largest absolute Gasteiger partial charge is 0.354 e. The zero-order chi connectivity index (χ0) is 16.5. The highest BCUT2D eigenvalue weighted by Gasteiger charge is 2.21. The molecule has 0 aliphatic carbocycles. The minimum Gasteiger partial charge on any atom is -0.354 e. The number of piperidine rings is 1. The Morgan fingerprint density at radius 3 is 2.88 bits per heavy atom. The number of fused-ring (bicyclic) bond motifs is 2. The third-order valence-corrected chi connectivity index (χ3v) is 7.15. The Balaban J connectivity index is 1.49. The summed E-state index contributed by atoms with van der Waals surface area (Å²) in [5, 5.41) is 4.09. The molecule has 4 rings (SSSR count). The summed E-state index contributed by atoms with van der Waals surface area (Å²) in [5.41, 5.74) is 3.87. The zero-order valence-electron chi connectivity index (χ0n) is 14.3. The van der Waals surface area contributed by atoms with Gasteiger partial charge in [0, 0.05) is 28.1 Å². The van der Waals surface area contributed by atoms with Crippen molar-refractivity contribution >= 4 is 35.1 Å². The molecule has 0 saturated carbocycles. The Kier molecular flexibility index (Phi) is 4.79. The standard InChI is InChI=1S/C20H24N2S2/c1-14-6-5-11-22(13-14)24-15(2)16-9-10-20-18(12-16)21-17-7-3-4-8-19(17)23-20/h3-4,7-10,12,14-15,21H,5-6,11,13H2,1-2H3. The minimum atomic E-state index is 0.490. The molecule has 2 heterocycles. The Hall–Kier alpha value is -1.10. The van der Waals surface area contributed by atoms with Gasteiger partial charge in [0.05, 0.1) is 11.4 Å². The van der Waals surface area contributed by atoms with E-state index in [0.717, 1.165) is 5.92 Å². The fourth-order valence-corrected chi connectivity index (χ4v) is 5.70. The van der Waals surface area contributed by atoms with Crippen LogP contribution in [-0.2, 0) is 0 Å². The summed E-state index contributed by atoms with van der Waals surface area (Å²) in [6.45, 7) is 7.15. The van der Waals surface area contributed by atoms with Crippen molar-refractivity contribution in [3.05, 3.63) is 48.0 Å². The number of hydrogen-bond acceptors (Lipinski definition) is 4. The molecule has 1 N–H and O–H groups in total. The number of para-hydroxylation sites is 1. The second kappa shape index (κ2) is 7.03. The topological polar surface area (TPSA) is 15.3 Å². The summed E-state index contributed by atoms with van der Waals surface area (Å²) < 4.78 is 2.57. The van der Waals surface area contributed by atoms with Gasteiger partial charge in [0.1, 0.15) is 0 Å². The highest BCUT2D eigenvalue weighted by molar-refractivity contribution is 7.99. The maximum atomic E-state index is 3.60. The number of nitrogens with one attached hydrogen (secondary N) is 1. The summed E-state index contributed by atoms with van der Waals surface area (Å²) in [7, 11) is 0. The fraction of sp³-hybridized carbons (Fsp3) is 0.400. The van der Waals surface area contributed by atoms with E-state index in [-0.39, 0.29) is 0 Å². The first-order chi connectivity index (χ1) is 11.7. The highest BCUT2D eigenvalue weighted by Crippen LogP contribution is 2.45. The van der Waals surface area contributed by atoms with Gasteiger partial charge in [0.25, 0.3) is 0 Å². The van der Waals surface area contributed by atoms with Crippen LogP contribution in [0.25, 0.3) is 0 Å². The molecule has 2 aliphatic heterocycles. The lowest BCUT2D eigenvalue weighted by atomic mass is 10.0. The lowest BCUT2D eigenvalue weighted by Gasteiger charge is -2.32. The van der Waals surface area contributed by atoms with Gasteiger partial charge in [-0.1, -0.05) is 48.8 Å². The Labute approximate surface area is 153 Å². The van der Waals surface area contributed by atoms with Crippen LogP contribution in [0.15, 0.2) is 52.3 Å². The predicted molar refractivity (Wildman–Crippen MR) is 106 cm³/mol. The molecule has 2 aromatic rings. The Morgan fingerprint density at radius 1 is 1.17 bits per heavy atom. The van der Waals surface area contributed by atoms with E-state index in [1.54, 1.807) is 0 Å². The predicted octanol–water partition coefficient (Wildman–Crippen LogP) is 6.34. The van der Waals surface area contributed by atoms with Crippen LogP contribution >= 0.6 is 23.7 Å². The summed E-state index contributed by atoms with van der Waals surface area (Å²) >= 11 is 3.87. The third kappa shape index (κ3) is 3.46.